The average molecular weight is 160 g/mol. The molecule has 0 aromatic rings. The minimum absolute atomic E-state index is 0.0541. The van der Waals surface area contributed by atoms with Gasteiger partial charge in [-0.25, -0.2) is 4.39 Å². The van der Waals surface area contributed by atoms with Crippen molar-refractivity contribution in [2.75, 3.05) is 26.3 Å². The summed E-state index contributed by atoms with van der Waals surface area (Å²) in [5, 5.41) is 0. The third-order valence-electron chi connectivity index (χ3n) is 2.08. The van der Waals surface area contributed by atoms with Gasteiger partial charge < -0.3 is 5.73 Å². The number of carbonyl (C=O) groups excluding carboxylic acids is 1. The van der Waals surface area contributed by atoms with Crippen molar-refractivity contribution < 1.29 is 9.18 Å². The Morgan fingerprint density at radius 2 is 2.45 bits per heavy atom. The van der Waals surface area contributed by atoms with Gasteiger partial charge in [0.15, 0.2) is 0 Å². The van der Waals surface area contributed by atoms with Gasteiger partial charge >= 0.3 is 0 Å². The van der Waals surface area contributed by atoms with Crippen LogP contribution < -0.4 is 5.73 Å². The number of primary amides is 1. The number of alkyl halides is 1. The Balaban J connectivity index is 2.29. The zero-order chi connectivity index (χ0) is 8.27. The second kappa shape index (κ2) is 3.67. The number of halogens is 1. The van der Waals surface area contributed by atoms with E-state index in [4.69, 9.17) is 5.73 Å². The summed E-state index contributed by atoms with van der Waals surface area (Å²) in [6.07, 6.45) is 0.787. The Morgan fingerprint density at radius 3 is 2.91 bits per heavy atom. The summed E-state index contributed by atoms with van der Waals surface area (Å²) in [6, 6.07) is 0. The van der Waals surface area contributed by atoms with Gasteiger partial charge in [-0.05, 0) is 13.0 Å². The molecule has 0 aliphatic carbocycles. The van der Waals surface area contributed by atoms with Gasteiger partial charge in [0.05, 0.1) is 5.92 Å². The van der Waals surface area contributed by atoms with Crippen molar-refractivity contribution in [1.29, 1.82) is 0 Å². The van der Waals surface area contributed by atoms with Crippen molar-refractivity contribution in [3.63, 3.8) is 0 Å². The quantitative estimate of drug-likeness (QED) is 0.619. The van der Waals surface area contributed by atoms with Crippen molar-refractivity contribution in [2.24, 2.45) is 11.7 Å². The first-order valence-electron chi connectivity index (χ1n) is 3.81. The van der Waals surface area contributed by atoms with Gasteiger partial charge in [0.1, 0.15) is 6.67 Å². The molecule has 1 aliphatic heterocycles. The molecule has 1 heterocycles. The molecule has 1 saturated heterocycles. The van der Waals surface area contributed by atoms with Gasteiger partial charge in [-0.3, -0.25) is 9.69 Å². The van der Waals surface area contributed by atoms with E-state index in [0.717, 1.165) is 13.0 Å². The molecule has 0 aromatic carbocycles. The van der Waals surface area contributed by atoms with Crippen LogP contribution >= 0.6 is 0 Å². The molecule has 0 aromatic heterocycles. The fraction of sp³-hybridized carbons (Fsp3) is 0.857. The van der Waals surface area contributed by atoms with Gasteiger partial charge in [-0.15, -0.1) is 0 Å². The average Bonchev–Trinajstić information content (AvgIpc) is 2.37. The van der Waals surface area contributed by atoms with Gasteiger partial charge in [-0.1, -0.05) is 0 Å². The number of hydrogen-bond donors (Lipinski definition) is 1. The van der Waals surface area contributed by atoms with Crippen LogP contribution in [0.3, 0.4) is 0 Å². The number of amides is 1. The second-order valence-corrected chi connectivity index (χ2v) is 2.88. The zero-order valence-corrected chi connectivity index (χ0v) is 6.42. The van der Waals surface area contributed by atoms with E-state index in [1.54, 1.807) is 0 Å². The lowest BCUT2D eigenvalue weighted by molar-refractivity contribution is -0.121. The lowest BCUT2D eigenvalue weighted by atomic mass is 10.1. The first-order chi connectivity index (χ1) is 5.24. The first kappa shape index (κ1) is 8.46. The lowest BCUT2D eigenvalue weighted by Gasteiger charge is -2.11. The molecule has 1 rings (SSSR count). The molecule has 1 atom stereocenters. The number of nitrogens with two attached hydrogens (primary N) is 1. The second-order valence-electron chi connectivity index (χ2n) is 2.88. The molecule has 2 N–H and O–H groups in total. The van der Waals surface area contributed by atoms with Gasteiger partial charge in [0.2, 0.25) is 5.91 Å². The van der Waals surface area contributed by atoms with Crippen molar-refractivity contribution in [2.45, 2.75) is 6.42 Å². The first-order valence-corrected chi connectivity index (χ1v) is 3.81. The highest BCUT2D eigenvalue weighted by molar-refractivity contribution is 5.77. The fourth-order valence-corrected chi connectivity index (χ4v) is 1.39. The Hall–Kier alpha value is -0.640. The number of carbonyl (C=O) groups is 1. The third kappa shape index (κ3) is 2.15. The van der Waals surface area contributed by atoms with E-state index >= 15 is 0 Å². The molecular weight excluding hydrogens is 147 g/mol. The van der Waals surface area contributed by atoms with Gasteiger partial charge in [0, 0.05) is 13.1 Å². The van der Waals surface area contributed by atoms with E-state index in [2.05, 4.69) is 0 Å². The monoisotopic (exact) mass is 160 g/mol. The molecule has 0 radical (unpaired) electrons. The van der Waals surface area contributed by atoms with Crippen LogP contribution in [-0.2, 0) is 4.79 Å². The third-order valence-corrected chi connectivity index (χ3v) is 2.08. The molecule has 1 unspecified atom stereocenters. The van der Waals surface area contributed by atoms with Crippen LogP contribution in [0.4, 0.5) is 4.39 Å². The van der Waals surface area contributed by atoms with E-state index in [0.29, 0.717) is 13.1 Å². The summed E-state index contributed by atoms with van der Waals surface area (Å²) in [5.41, 5.74) is 5.10. The highest BCUT2D eigenvalue weighted by atomic mass is 19.1. The van der Waals surface area contributed by atoms with E-state index in [1.807, 2.05) is 4.90 Å². The fourth-order valence-electron chi connectivity index (χ4n) is 1.39. The van der Waals surface area contributed by atoms with E-state index in [1.165, 1.54) is 0 Å². The van der Waals surface area contributed by atoms with Crippen molar-refractivity contribution in [3.8, 4) is 0 Å². The highest BCUT2D eigenvalue weighted by Crippen LogP contribution is 2.14. The van der Waals surface area contributed by atoms with E-state index in [9.17, 15) is 9.18 Å². The summed E-state index contributed by atoms with van der Waals surface area (Å²) in [7, 11) is 0. The summed E-state index contributed by atoms with van der Waals surface area (Å²) >= 11 is 0. The van der Waals surface area contributed by atoms with Crippen molar-refractivity contribution in [3.05, 3.63) is 0 Å². The number of rotatable bonds is 3. The standard InChI is InChI=1S/C7H13FN2O/c8-2-4-10-3-1-6(5-10)7(9)11/h6H,1-5H2,(H2,9,11). The van der Waals surface area contributed by atoms with Crippen LogP contribution in [0.25, 0.3) is 0 Å². The predicted octanol–water partition coefficient (Wildman–Crippen LogP) is -0.237. The molecule has 3 nitrogen and oxygen atoms in total. The minimum Gasteiger partial charge on any atom is -0.369 e. The predicted molar refractivity (Wildman–Crippen MR) is 39.7 cm³/mol. The molecule has 0 bridgehead atoms. The Kier molecular flexibility index (Phi) is 2.82. The molecule has 1 aliphatic rings. The molecule has 1 fully saturated rings. The van der Waals surface area contributed by atoms with Crippen molar-refractivity contribution in [1.82, 2.24) is 4.90 Å². The molecule has 11 heavy (non-hydrogen) atoms. The smallest absolute Gasteiger partial charge is 0.221 e. The number of likely N-dealkylation sites (tertiary alicyclic amines) is 1. The van der Waals surface area contributed by atoms with Crippen LogP contribution in [0.15, 0.2) is 0 Å². The molecule has 0 spiro atoms. The maximum atomic E-state index is 11.8. The number of hydrogen-bond acceptors (Lipinski definition) is 2. The maximum absolute atomic E-state index is 11.8. The van der Waals surface area contributed by atoms with E-state index in [-0.39, 0.29) is 18.5 Å². The molecule has 1 amide bonds. The molecule has 4 heteroatoms. The lowest BCUT2D eigenvalue weighted by Crippen LogP contribution is -2.28. The Labute approximate surface area is 65.3 Å². The molecular formula is C7H13FN2O. The Bertz CT molecular complexity index is 151. The maximum Gasteiger partial charge on any atom is 0.221 e. The van der Waals surface area contributed by atoms with Crippen LogP contribution in [0.5, 0.6) is 0 Å². The summed E-state index contributed by atoms with van der Waals surface area (Å²) < 4.78 is 11.8. The molecule has 64 valence electrons. The summed E-state index contributed by atoms with van der Waals surface area (Å²) in [4.78, 5) is 12.6. The van der Waals surface area contributed by atoms with Crippen LogP contribution in [0.2, 0.25) is 0 Å². The molecule has 0 saturated carbocycles. The van der Waals surface area contributed by atoms with Crippen LogP contribution in [0.1, 0.15) is 6.42 Å². The summed E-state index contributed by atoms with van der Waals surface area (Å²) in [5.74, 6) is -0.312. The van der Waals surface area contributed by atoms with Crippen molar-refractivity contribution >= 4 is 5.91 Å². The van der Waals surface area contributed by atoms with Gasteiger partial charge in [0.25, 0.3) is 0 Å². The van der Waals surface area contributed by atoms with Gasteiger partial charge in [-0.2, -0.15) is 0 Å². The van der Waals surface area contributed by atoms with Crippen LogP contribution in [0, 0.1) is 5.92 Å². The normalized spacial score (nSPS) is 25.7. The highest BCUT2D eigenvalue weighted by Gasteiger charge is 2.25. The Morgan fingerprint density at radius 1 is 1.73 bits per heavy atom. The topological polar surface area (TPSA) is 46.3 Å². The SMILES string of the molecule is NC(=O)C1CCN(CCF)C1. The zero-order valence-electron chi connectivity index (χ0n) is 6.42. The minimum atomic E-state index is -0.342. The number of nitrogens with zero attached hydrogens (tertiary/aromatic N) is 1. The van der Waals surface area contributed by atoms with E-state index < -0.39 is 0 Å². The van der Waals surface area contributed by atoms with Crippen LogP contribution in [-0.4, -0.2) is 37.1 Å². The summed E-state index contributed by atoms with van der Waals surface area (Å²) in [6.45, 7) is 1.53. The largest absolute Gasteiger partial charge is 0.369 e.